The zero-order valence-electron chi connectivity index (χ0n) is 10.2. The van der Waals surface area contributed by atoms with Crippen LogP contribution in [0.1, 0.15) is 23.6 Å². The smallest absolute Gasteiger partial charge is 0.0181 e. The van der Waals surface area contributed by atoms with Gasteiger partial charge in [-0.05, 0) is 42.5 Å². The van der Waals surface area contributed by atoms with Crippen LogP contribution in [0.3, 0.4) is 0 Å². The molecule has 0 amide bonds. The van der Waals surface area contributed by atoms with Crippen LogP contribution in [0.5, 0.6) is 0 Å². The van der Waals surface area contributed by atoms with Crippen LogP contribution in [0.15, 0.2) is 42.5 Å². The highest BCUT2D eigenvalue weighted by Crippen LogP contribution is 2.23. The van der Waals surface area contributed by atoms with Crippen LogP contribution in [-0.2, 0) is 6.42 Å². The van der Waals surface area contributed by atoms with Crippen LogP contribution in [0.2, 0.25) is 0 Å². The molecule has 82 valence electrons. The normalized spacial score (nSPS) is 10.4. The molecule has 0 unspecified atom stereocenters. The largest absolute Gasteiger partial charge is 0.0613 e. The Bertz CT molecular complexity index is 478. The standard InChI is InChI=1S/C16H18/c1-4-14-11-16(10-7-13(14)3)15-8-5-12(2)6-9-15/h5-11H,4H2,1-3H3. The minimum atomic E-state index is 1.10. The molecule has 0 radical (unpaired) electrons. The molecule has 16 heavy (non-hydrogen) atoms. The minimum Gasteiger partial charge on any atom is -0.0613 e. The maximum absolute atomic E-state index is 2.31. The van der Waals surface area contributed by atoms with Gasteiger partial charge in [0.05, 0.1) is 0 Å². The molecule has 0 heteroatoms. The van der Waals surface area contributed by atoms with E-state index < -0.39 is 0 Å². The van der Waals surface area contributed by atoms with Crippen molar-refractivity contribution in [3.05, 3.63) is 59.2 Å². The summed E-state index contributed by atoms with van der Waals surface area (Å²) in [6, 6.07) is 15.5. The Morgan fingerprint density at radius 2 is 1.44 bits per heavy atom. The second-order valence-electron chi connectivity index (χ2n) is 4.36. The second kappa shape index (κ2) is 4.52. The average Bonchev–Trinajstić information content (AvgIpc) is 2.31. The summed E-state index contributed by atoms with van der Waals surface area (Å²) < 4.78 is 0. The number of hydrogen-bond acceptors (Lipinski definition) is 0. The highest BCUT2D eigenvalue weighted by atomic mass is 14.1. The third-order valence-electron chi connectivity index (χ3n) is 3.11. The molecular weight excluding hydrogens is 192 g/mol. The van der Waals surface area contributed by atoms with Gasteiger partial charge in [0, 0.05) is 0 Å². The number of aryl methyl sites for hydroxylation is 3. The van der Waals surface area contributed by atoms with E-state index in [0.717, 1.165) is 6.42 Å². The van der Waals surface area contributed by atoms with Crippen molar-refractivity contribution in [2.75, 3.05) is 0 Å². The van der Waals surface area contributed by atoms with Crippen molar-refractivity contribution >= 4 is 0 Å². The summed E-state index contributed by atoms with van der Waals surface area (Å²) in [6.07, 6.45) is 1.10. The molecule has 0 bridgehead atoms. The molecule has 0 saturated carbocycles. The lowest BCUT2D eigenvalue weighted by atomic mass is 9.98. The van der Waals surface area contributed by atoms with Gasteiger partial charge in [-0.25, -0.2) is 0 Å². The highest BCUT2D eigenvalue weighted by molar-refractivity contribution is 5.65. The number of rotatable bonds is 2. The summed E-state index contributed by atoms with van der Waals surface area (Å²) in [5.74, 6) is 0. The van der Waals surface area contributed by atoms with Gasteiger partial charge in [0.15, 0.2) is 0 Å². The monoisotopic (exact) mass is 210 g/mol. The van der Waals surface area contributed by atoms with Crippen molar-refractivity contribution in [3.8, 4) is 11.1 Å². The maximum atomic E-state index is 2.31. The SMILES string of the molecule is CCc1cc(-c2ccc(C)cc2)ccc1C. The molecule has 0 atom stereocenters. The van der Waals surface area contributed by atoms with Gasteiger partial charge < -0.3 is 0 Å². The molecule has 0 saturated heterocycles. The fourth-order valence-corrected chi connectivity index (χ4v) is 1.98. The van der Waals surface area contributed by atoms with Crippen LogP contribution in [0.4, 0.5) is 0 Å². The Hall–Kier alpha value is -1.56. The predicted octanol–water partition coefficient (Wildman–Crippen LogP) is 4.53. The van der Waals surface area contributed by atoms with Gasteiger partial charge in [0.25, 0.3) is 0 Å². The summed E-state index contributed by atoms with van der Waals surface area (Å²) >= 11 is 0. The van der Waals surface area contributed by atoms with E-state index in [4.69, 9.17) is 0 Å². The second-order valence-corrected chi connectivity index (χ2v) is 4.36. The van der Waals surface area contributed by atoms with E-state index in [0.29, 0.717) is 0 Å². The molecule has 0 heterocycles. The number of benzene rings is 2. The quantitative estimate of drug-likeness (QED) is 0.683. The summed E-state index contributed by atoms with van der Waals surface area (Å²) in [6.45, 7) is 6.51. The van der Waals surface area contributed by atoms with E-state index >= 15 is 0 Å². The summed E-state index contributed by atoms with van der Waals surface area (Å²) in [4.78, 5) is 0. The molecule has 0 aliphatic carbocycles. The Morgan fingerprint density at radius 3 is 2.06 bits per heavy atom. The lowest BCUT2D eigenvalue weighted by Gasteiger charge is -2.07. The van der Waals surface area contributed by atoms with Gasteiger partial charge in [-0.1, -0.05) is 55.0 Å². The van der Waals surface area contributed by atoms with Gasteiger partial charge in [-0.2, -0.15) is 0 Å². The van der Waals surface area contributed by atoms with Crippen LogP contribution in [-0.4, -0.2) is 0 Å². The Balaban J connectivity index is 2.44. The fraction of sp³-hybridized carbons (Fsp3) is 0.250. The minimum absolute atomic E-state index is 1.10. The van der Waals surface area contributed by atoms with E-state index in [1.54, 1.807) is 0 Å². The first-order valence-corrected chi connectivity index (χ1v) is 5.87. The van der Waals surface area contributed by atoms with E-state index in [2.05, 4.69) is 63.2 Å². The zero-order chi connectivity index (χ0) is 11.5. The lowest BCUT2D eigenvalue weighted by Crippen LogP contribution is -1.87. The van der Waals surface area contributed by atoms with E-state index in [1.165, 1.54) is 27.8 Å². The van der Waals surface area contributed by atoms with E-state index in [1.807, 2.05) is 0 Å². The molecule has 0 fully saturated rings. The molecule has 0 N–H and O–H groups in total. The zero-order valence-corrected chi connectivity index (χ0v) is 10.2. The summed E-state index contributed by atoms with van der Waals surface area (Å²) in [7, 11) is 0. The van der Waals surface area contributed by atoms with Gasteiger partial charge >= 0.3 is 0 Å². The predicted molar refractivity (Wildman–Crippen MR) is 70.7 cm³/mol. The van der Waals surface area contributed by atoms with Gasteiger partial charge in [-0.3, -0.25) is 0 Å². The average molecular weight is 210 g/mol. The topological polar surface area (TPSA) is 0 Å². The Labute approximate surface area is 97.9 Å². The summed E-state index contributed by atoms with van der Waals surface area (Å²) in [5.41, 5.74) is 6.77. The van der Waals surface area contributed by atoms with Crippen molar-refractivity contribution in [1.29, 1.82) is 0 Å². The maximum Gasteiger partial charge on any atom is -0.0181 e. The third-order valence-corrected chi connectivity index (χ3v) is 3.11. The third kappa shape index (κ3) is 2.16. The van der Waals surface area contributed by atoms with E-state index in [9.17, 15) is 0 Å². The first-order chi connectivity index (χ1) is 7.70. The molecule has 0 nitrogen and oxygen atoms in total. The summed E-state index contributed by atoms with van der Waals surface area (Å²) in [5, 5.41) is 0. The molecule has 0 aliphatic rings. The molecule has 0 aliphatic heterocycles. The van der Waals surface area contributed by atoms with Gasteiger partial charge in [0.1, 0.15) is 0 Å². The van der Waals surface area contributed by atoms with Gasteiger partial charge in [-0.15, -0.1) is 0 Å². The van der Waals surface area contributed by atoms with Crippen LogP contribution >= 0.6 is 0 Å². The molecule has 2 aromatic carbocycles. The first-order valence-electron chi connectivity index (χ1n) is 5.87. The number of hydrogen-bond donors (Lipinski definition) is 0. The fourth-order valence-electron chi connectivity index (χ4n) is 1.98. The first kappa shape index (κ1) is 10.9. The molecule has 2 rings (SSSR count). The lowest BCUT2D eigenvalue weighted by molar-refractivity contribution is 1.11. The Morgan fingerprint density at radius 1 is 0.812 bits per heavy atom. The molecular formula is C16H18. The van der Waals surface area contributed by atoms with Crippen molar-refractivity contribution < 1.29 is 0 Å². The van der Waals surface area contributed by atoms with Crippen LogP contribution in [0.25, 0.3) is 11.1 Å². The van der Waals surface area contributed by atoms with Crippen LogP contribution < -0.4 is 0 Å². The van der Waals surface area contributed by atoms with Gasteiger partial charge in [0.2, 0.25) is 0 Å². The van der Waals surface area contributed by atoms with Crippen molar-refractivity contribution in [2.45, 2.75) is 27.2 Å². The van der Waals surface area contributed by atoms with Crippen molar-refractivity contribution in [2.24, 2.45) is 0 Å². The van der Waals surface area contributed by atoms with Crippen molar-refractivity contribution in [1.82, 2.24) is 0 Å². The van der Waals surface area contributed by atoms with E-state index in [-0.39, 0.29) is 0 Å². The Kier molecular flexibility index (Phi) is 3.09. The van der Waals surface area contributed by atoms with Crippen LogP contribution in [0, 0.1) is 13.8 Å². The molecule has 2 aromatic rings. The molecule has 0 spiro atoms. The highest BCUT2D eigenvalue weighted by Gasteiger charge is 2.00. The van der Waals surface area contributed by atoms with Crippen molar-refractivity contribution in [3.63, 3.8) is 0 Å². The molecule has 0 aromatic heterocycles.